The van der Waals surface area contributed by atoms with Gasteiger partial charge in [0.2, 0.25) is 5.91 Å². The Morgan fingerprint density at radius 1 is 1.33 bits per heavy atom. The minimum Gasteiger partial charge on any atom is -0.395 e. The van der Waals surface area contributed by atoms with Crippen LogP contribution in [0.4, 0.5) is 0 Å². The number of aromatic amines is 2. The van der Waals surface area contributed by atoms with Crippen molar-refractivity contribution in [2.24, 2.45) is 0 Å². The van der Waals surface area contributed by atoms with E-state index in [1.165, 1.54) is 0 Å². The summed E-state index contributed by atoms with van der Waals surface area (Å²) < 4.78 is 0. The van der Waals surface area contributed by atoms with Gasteiger partial charge in [-0.15, -0.1) is 0 Å². The molecule has 7 heteroatoms. The highest BCUT2D eigenvalue weighted by molar-refractivity contribution is 5.77. The van der Waals surface area contributed by atoms with Crippen LogP contribution in [0.15, 0.2) is 9.59 Å². The smallest absolute Gasteiger partial charge is 0.325 e. The third-order valence-electron chi connectivity index (χ3n) is 4.02. The molecular weight excluding hydrogens is 274 g/mol. The summed E-state index contributed by atoms with van der Waals surface area (Å²) in [7, 11) is 0. The van der Waals surface area contributed by atoms with Crippen molar-refractivity contribution < 1.29 is 9.90 Å². The van der Waals surface area contributed by atoms with E-state index >= 15 is 0 Å². The lowest BCUT2D eigenvalue weighted by molar-refractivity contribution is -0.135. The van der Waals surface area contributed by atoms with E-state index in [-0.39, 0.29) is 31.4 Å². The van der Waals surface area contributed by atoms with Gasteiger partial charge in [0, 0.05) is 30.3 Å². The molecule has 0 aliphatic heterocycles. The molecule has 2 rings (SSSR count). The molecule has 1 aliphatic rings. The molecule has 0 bridgehead atoms. The van der Waals surface area contributed by atoms with Crippen LogP contribution in [0.25, 0.3) is 0 Å². The normalized spacial score (nSPS) is 14.8. The van der Waals surface area contributed by atoms with E-state index in [4.69, 9.17) is 5.11 Å². The molecule has 1 heterocycles. The number of amides is 1. The molecule has 7 nitrogen and oxygen atoms in total. The first-order valence-corrected chi connectivity index (χ1v) is 7.25. The number of carbonyl (C=O) groups excluding carboxylic acids is 1. The summed E-state index contributed by atoms with van der Waals surface area (Å²) in [5.74, 6) is -0.0567. The summed E-state index contributed by atoms with van der Waals surface area (Å²) in [6.45, 7) is 1.93. The lowest BCUT2D eigenvalue weighted by atomic mass is 9.91. The summed E-state index contributed by atoms with van der Waals surface area (Å²) in [6.07, 6.45) is 3.55. The zero-order valence-electron chi connectivity index (χ0n) is 12.1. The number of nitrogens with one attached hydrogen (secondary N) is 2. The molecule has 3 N–H and O–H groups in total. The van der Waals surface area contributed by atoms with Gasteiger partial charge in [-0.25, -0.2) is 4.79 Å². The average molecular weight is 295 g/mol. The van der Waals surface area contributed by atoms with Gasteiger partial charge in [0.15, 0.2) is 0 Å². The third kappa shape index (κ3) is 3.60. The lowest BCUT2D eigenvalue weighted by Crippen LogP contribution is -2.45. The topological polar surface area (TPSA) is 106 Å². The van der Waals surface area contributed by atoms with Crippen molar-refractivity contribution in [3.63, 3.8) is 0 Å². The van der Waals surface area contributed by atoms with Crippen LogP contribution >= 0.6 is 0 Å². The highest BCUT2D eigenvalue weighted by Crippen LogP contribution is 2.25. The van der Waals surface area contributed by atoms with Gasteiger partial charge in [-0.3, -0.25) is 14.6 Å². The summed E-state index contributed by atoms with van der Waals surface area (Å²) in [5, 5.41) is 9.07. The Labute approximate surface area is 122 Å². The second-order valence-electron chi connectivity index (χ2n) is 5.41. The molecule has 0 aromatic carbocycles. The quantitative estimate of drug-likeness (QED) is 0.668. The first-order chi connectivity index (χ1) is 10.0. The summed E-state index contributed by atoms with van der Waals surface area (Å²) in [5.41, 5.74) is -0.0558. The number of aryl methyl sites for hydroxylation is 1. The van der Waals surface area contributed by atoms with Gasteiger partial charge < -0.3 is 15.0 Å². The van der Waals surface area contributed by atoms with Crippen molar-refractivity contribution in [1.82, 2.24) is 14.9 Å². The Hall–Kier alpha value is -1.89. The van der Waals surface area contributed by atoms with Crippen molar-refractivity contribution in [3.8, 4) is 0 Å². The number of hydrogen-bond donors (Lipinski definition) is 3. The predicted octanol–water partition coefficient (Wildman–Crippen LogP) is -0.322. The van der Waals surface area contributed by atoms with Crippen LogP contribution in [0.3, 0.4) is 0 Å². The number of rotatable bonds is 6. The van der Waals surface area contributed by atoms with Crippen LogP contribution in [-0.4, -0.2) is 45.1 Å². The Morgan fingerprint density at radius 2 is 2.05 bits per heavy atom. The fraction of sp³-hybridized carbons (Fsp3) is 0.643. The fourth-order valence-corrected chi connectivity index (χ4v) is 2.62. The van der Waals surface area contributed by atoms with E-state index in [2.05, 4.69) is 9.97 Å². The molecule has 1 amide bonds. The van der Waals surface area contributed by atoms with E-state index in [1.807, 2.05) is 0 Å². The van der Waals surface area contributed by atoms with Crippen molar-refractivity contribution in [3.05, 3.63) is 32.1 Å². The number of hydrogen-bond acceptors (Lipinski definition) is 4. The second kappa shape index (κ2) is 6.71. The van der Waals surface area contributed by atoms with Gasteiger partial charge in [-0.1, -0.05) is 0 Å². The number of carbonyl (C=O) groups is 1. The van der Waals surface area contributed by atoms with E-state index in [0.29, 0.717) is 17.8 Å². The summed E-state index contributed by atoms with van der Waals surface area (Å²) in [4.78, 5) is 41.5. The zero-order chi connectivity index (χ0) is 15.4. The van der Waals surface area contributed by atoms with Crippen molar-refractivity contribution in [1.29, 1.82) is 0 Å². The van der Waals surface area contributed by atoms with Crippen LogP contribution in [0, 0.1) is 6.92 Å². The minimum absolute atomic E-state index is 0.0551. The molecule has 1 saturated carbocycles. The maximum atomic E-state index is 12.3. The molecule has 0 radical (unpaired) electrons. The molecule has 1 aromatic rings. The highest BCUT2D eigenvalue weighted by atomic mass is 16.3. The van der Waals surface area contributed by atoms with Gasteiger partial charge >= 0.3 is 5.69 Å². The Kier molecular flexibility index (Phi) is 4.95. The van der Waals surface area contributed by atoms with E-state index < -0.39 is 11.2 Å². The van der Waals surface area contributed by atoms with Gasteiger partial charge in [0.1, 0.15) is 0 Å². The molecule has 1 aliphatic carbocycles. The monoisotopic (exact) mass is 295 g/mol. The maximum absolute atomic E-state index is 12.3. The van der Waals surface area contributed by atoms with Crippen molar-refractivity contribution in [2.75, 3.05) is 13.2 Å². The second-order valence-corrected chi connectivity index (χ2v) is 5.41. The highest BCUT2D eigenvalue weighted by Gasteiger charge is 2.28. The standard InChI is InChI=1S/C14H21N3O4/c1-9-11(13(20)16-14(21)15-9)5-6-12(19)17(7-8-18)10-3-2-4-10/h10,18H,2-8H2,1H3,(H2,15,16,20,21). The summed E-state index contributed by atoms with van der Waals surface area (Å²) in [6, 6.07) is 0.222. The van der Waals surface area contributed by atoms with Crippen molar-refractivity contribution >= 4 is 5.91 Å². The van der Waals surface area contributed by atoms with Crippen LogP contribution < -0.4 is 11.2 Å². The number of aliphatic hydroxyl groups is 1. The SMILES string of the molecule is Cc1[nH]c(=O)[nH]c(=O)c1CCC(=O)N(CCO)C1CCC1. The van der Waals surface area contributed by atoms with Gasteiger partial charge in [-0.05, 0) is 32.6 Å². The van der Waals surface area contributed by atoms with E-state index in [1.54, 1.807) is 11.8 Å². The van der Waals surface area contributed by atoms with Crippen LogP contribution in [0.5, 0.6) is 0 Å². The molecule has 0 unspecified atom stereocenters. The lowest BCUT2D eigenvalue weighted by Gasteiger charge is -2.37. The molecule has 21 heavy (non-hydrogen) atoms. The number of aromatic nitrogens is 2. The summed E-state index contributed by atoms with van der Waals surface area (Å²) >= 11 is 0. The molecule has 116 valence electrons. The zero-order valence-corrected chi connectivity index (χ0v) is 12.1. The first-order valence-electron chi connectivity index (χ1n) is 7.25. The largest absolute Gasteiger partial charge is 0.395 e. The van der Waals surface area contributed by atoms with E-state index in [0.717, 1.165) is 19.3 Å². The van der Waals surface area contributed by atoms with Gasteiger partial charge in [0.05, 0.1) is 6.61 Å². The van der Waals surface area contributed by atoms with Gasteiger partial charge in [-0.2, -0.15) is 0 Å². The Balaban J connectivity index is 2.03. The molecule has 1 fully saturated rings. The average Bonchev–Trinajstić information content (AvgIpc) is 2.34. The Morgan fingerprint density at radius 3 is 2.57 bits per heavy atom. The van der Waals surface area contributed by atoms with Crippen LogP contribution in [-0.2, 0) is 11.2 Å². The maximum Gasteiger partial charge on any atom is 0.325 e. The molecule has 0 atom stereocenters. The molecule has 1 aromatic heterocycles. The predicted molar refractivity (Wildman–Crippen MR) is 77.2 cm³/mol. The minimum atomic E-state index is -0.538. The molecular formula is C14H21N3O4. The fourth-order valence-electron chi connectivity index (χ4n) is 2.62. The number of H-pyrrole nitrogens is 2. The first kappa shape index (κ1) is 15.5. The third-order valence-corrected chi connectivity index (χ3v) is 4.02. The van der Waals surface area contributed by atoms with Crippen LogP contribution in [0.1, 0.15) is 36.9 Å². The molecule has 0 saturated heterocycles. The Bertz CT molecular complexity index is 615. The van der Waals surface area contributed by atoms with E-state index in [9.17, 15) is 14.4 Å². The molecule has 0 spiro atoms. The van der Waals surface area contributed by atoms with Gasteiger partial charge in [0.25, 0.3) is 5.56 Å². The van der Waals surface area contributed by atoms with Crippen molar-refractivity contribution in [2.45, 2.75) is 45.1 Å². The number of nitrogens with zero attached hydrogens (tertiary/aromatic N) is 1. The number of aliphatic hydroxyl groups excluding tert-OH is 1. The van der Waals surface area contributed by atoms with Crippen LogP contribution in [0.2, 0.25) is 0 Å².